The number of nitrogens with one attached hydrogen (secondary N) is 1. The van der Waals surface area contributed by atoms with Gasteiger partial charge < -0.3 is 14.7 Å². The van der Waals surface area contributed by atoms with Crippen molar-refractivity contribution in [2.24, 2.45) is 11.3 Å². The highest BCUT2D eigenvalue weighted by Gasteiger charge is 2.49. The van der Waals surface area contributed by atoms with E-state index in [1.165, 1.54) is 11.1 Å². The Morgan fingerprint density at radius 2 is 1.91 bits per heavy atom. The molecule has 1 spiro atoms. The number of aromatic nitrogens is 2. The number of nitrogens with zero attached hydrogens (tertiary/aromatic N) is 4. The topological polar surface area (TPSA) is 91.6 Å². The molecule has 34 heavy (non-hydrogen) atoms. The van der Waals surface area contributed by atoms with Crippen molar-refractivity contribution in [2.75, 3.05) is 26.2 Å². The summed E-state index contributed by atoms with van der Waals surface area (Å²) in [7, 11) is 0. The highest BCUT2D eigenvalue weighted by atomic mass is 16.5. The summed E-state index contributed by atoms with van der Waals surface area (Å²) >= 11 is 0. The number of carbonyl (C=O) groups excluding carboxylic acids is 2. The SMILES string of the molecule is Cc1noc(C2CC3(CCN(C(=O)C4CC4)CC3)CN2CC(=O)NCc2ccc(C)c(C)c2)n1. The van der Waals surface area contributed by atoms with Crippen LogP contribution in [0, 0.1) is 32.1 Å². The molecule has 8 heteroatoms. The lowest BCUT2D eigenvalue weighted by molar-refractivity contribution is -0.134. The largest absolute Gasteiger partial charge is 0.351 e. The van der Waals surface area contributed by atoms with E-state index < -0.39 is 0 Å². The normalized spacial score (nSPS) is 22.3. The predicted molar refractivity (Wildman–Crippen MR) is 127 cm³/mol. The van der Waals surface area contributed by atoms with E-state index in [0.29, 0.717) is 30.7 Å². The summed E-state index contributed by atoms with van der Waals surface area (Å²) in [4.78, 5) is 34.2. The summed E-state index contributed by atoms with van der Waals surface area (Å²) in [5.74, 6) is 1.80. The molecule has 2 aliphatic heterocycles. The van der Waals surface area contributed by atoms with Gasteiger partial charge in [0.25, 0.3) is 0 Å². The zero-order chi connectivity index (χ0) is 23.9. The average molecular weight is 466 g/mol. The summed E-state index contributed by atoms with van der Waals surface area (Å²) in [5, 5.41) is 7.08. The molecular formula is C26H35N5O3. The molecule has 182 valence electrons. The maximum absolute atomic E-state index is 12.9. The van der Waals surface area contributed by atoms with Crippen molar-refractivity contribution in [3.8, 4) is 0 Å². The molecule has 1 aromatic carbocycles. The molecule has 5 rings (SSSR count). The lowest BCUT2D eigenvalue weighted by Gasteiger charge is -2.39. The summed E-state index contributed by atoms with van der Waals surface area (Å²) in [6, 6.07) is 6.21. The van der Waals surface area contributed by atoms with Gasteiger partial charge in [0.2, 0.25) is 17.7 Å². The summed E-state index contributed by atoms with van der Waals surface area (Å²) in [5.41, 5.74) is 3.65. The molecule has 1 aliphatic carbocycles. The van der Waals surface area contributed by atoms with Gasteiger partial charge in [0, 0.05) is 32.1 Å². The number of amides is 2. The molecule has 3 aliphatic rings. The lowest BCUT2D eigenvalue weighted by Crippen LogP contribution is -2.45. The quantitative estimate of drug-likeness (QED) is 0.705. The Bertz CT molecular complexity index is 1070. The van der Waals surface area contributed by atoms with Gasteiger partial charge in [-0.15, -0.1) is 0 Å². The highest BCUT2D eigenvalue weighted by molar-refractivity contribution is 5.81. The van der Waals surface area contributed by atoms with E-state index in [0.717, 1.165) is 57.3 Å². The Kier molecular flexibility index (Phi) is 6.18. The zero-order valence-corrected chi connectivity index (χ0v) is 20.5. The van der Waals surface area contributed by atoms with Gasteiger partial charge in [0.05, 0.1) is 12.6 Å². The smallest absolute Gasteiger partial charge is 0.244 e. The predicted octanol–water partition coefficient (Wildman–Crippen LogP) is 3.08. The van der Waals surface area contributed by atoms with Crippen LogP contribution in [-0.2, 0) is 16.1 Å². The first kappa shape index (κ1) is 23.0. The van der Waals surface area contributed by atoms with Crippen LogP contribution >= 0.6 is 0 Å². The van der Waals surface area contributed by atoms with Crippen LogP contribution in [0.4, 0.5) is 0 Å². The van der Waals surface area contributed by atoms with Gasteiger partial charge in [-0.05, 0) is 75.0 Å². The number of piperidine rings is 1. The van der Waals surface area contributed by atoms with Gasteiger partial charge in [0.15, 0.2) is 5.82 Å². The van der Waals surface area contributed by atoms with E-state index in [1.54, 1.807) is 0 Å². The molecule has 1 N–H and O–H groups in total. The minimum Gasteiger partial charge on any atom is -0.351 e. The Labute approximate surface area is 201 Å². The van der Waals surface area contributed by atoms with Crippen molar-refractivity contribution in [1.29, 1.82) is 0 Å². The molecular weight excluding hydrogens is 430 g/mol. The lowest BCUT2D eigenvalue weighted by atomic mass is 9.76. The maximum Gasteiger partial charge on any atom is 0.244 e. The van der Waals surface area contributed by atoms with Gasteiger partial charge in [0.1, 0.15) is 0 Å². The first-order valence-corrected chi connectivity index (χ1v) is 12.5. The number of likely N-dealkylation sites (tertiary alicyclic amines) is 2. The van der Waals surface area contributed by atoms with Crippen LogP contribution in [0.25, 0.3) is 0 Å². The van der Waals surface area contributed by atoms with E-state index in [2.05, 4.69) is 52.4 Å². The first-order chi connectivity index (χ1) is 16.3. The van der Waals surface area contributed by atoms with Crippen molar-refractivity contribution < 1.29 is 14.1 Å². The molecule has 0 radical (unpaired) electrons. The van der Waals surface area contributed by atoms with E-state index in [9.17, 15) is 9.59 Å². The highest BCUT2D eigenvalue weighted by Crippen LogP contribution is 2.49. The second-order valence-electron chi connectivity index (χ2n) is 10.6. The molecule has 8 nitrogen and oxygen atoms in total. The molecule has 3 heterocycles. The Morgan fingerprint density at radius 3 is 2.56 bits per heavy atom. The second-order valence-corrected chi connectivity index (χ2v) is 10.6. The average Bonchev–Trinajstić information content (AvgIpc) is 3.50. The second kappa shape index (κ2) is 9.13. The third-order valence-electron chi connectivity index (χ3n) is 7.90. The molecule has 1 saturated carbocycles. The molecule has 1 atom stereocenters. The molecule has 1 unspecified atom stereocenters. The van der Waals surface area contributed by atoms with Crippen molar-refractivity contribution >= 4 is 11.8 Å². The van der Waals surface area contributed by atoms with Gasteiger partial charge in [-0.25, -0.2) is 0 Å². The van der Waals surface area contributed by atoms with Gasteiger partial charge in [-0.1, -0.05) is 23.4 Å². The Hall–Kier alpha value is -2.74. The maximum atomic E-state index is 12.9. The molecule has 3 fully saturated rings. The number of carbonyl (C=O) groups is 2. The molecule has 2 aromatic rings. The van der Waals surface area contributed by atoms with Crippen molar-refractivity contribution in [1.82, 2.24) is 25.3 Å². The number of aryl methyl sites for hydroxylation is 3. The van der Waals surface area contributed by atoms with Crippen LogP contribution in [0.3, 0.4) is 0 Å². The summed E-state index contributed by atoms with van der Waals surface area (Å²) < 4.78 is 5.55. The van der Waals surface area contributed by atoms with Crippen LogP contribution in [0.15, 0.2) is 22.7 Å². The third-order valence-corrected chi connectivity index (χ3v) is 7.90. The Morgan fingerprint density at radius 1 is 1.15 bits per heavy atom. The van der Waals surface area contributed by atoms with E-state index >= 15 is 0 Å². The van der Waals surface area contributed by atoms with Crippen LogP contribution in [0.1, 0.15) is 66.6 Å². The first-order valence-electron chi connectivity index (χ1n) is 12.5. The molecule has 1 aromatic heterocycles. The number of hydrogen-bond donors (Lipinski definition) is 1. The number of hydrogen-bond acceptors (Lipinski definition) is 6. The van der Waals surface area contributed by atoms with Crippen LogP contribution in [-0.4, -0.2) is 57.9 Å². The fourth-order valence-electron chi connectivity index (χ4n) is 5.51. The molecule has 2 amide bonds. The number of rotatable bonds is 6. The molecule has 2 saturated heterocycles. The van der Waals surface area contributed by atoms with Crippen LogP contribution in [0.2, 0.25) is 0 Å². The van der Waals surface area contributed by atoms with Crippen molar-refractivity contribution in [2.45, 2.75) is 65.5 Å². The monoisotopic (exact) mass is 465 g/mol. The molecule has 0 bridgehead atoms. The van der Waals surface area contributed by atoms with E-state index in [-0.39, 0.29) is 23.3 Å². The summed E-state index contributed by atoms with van der Waals surface area (Å²) in [6.45, 7) is 9.22. The van der Waals surface area contributed by atoms with E-state index in [1.807, 2.05) is 11.8 Å². The van der Waals surface area contributed by atoms with Crippen LogP contribution in [0.5, 0.6) is 0 Å². The third kappa shape index (κ3) is 4.87. The van der Waals surface area contributed by atoms with Gasteiger partial charge >= 0.3 is 0 Å². The standard InChI is InChI=1S/C26H35N5O3/c1-17-4-5-20(12-18(17)2)14-27-23(32)15-31-16-26(13-22(31)24-28-19(3)29-34-24)8-10-30(11-9-26)25(33)21-6-7-21/h4-5,12,21-22H,6-11,13-16H2,1-3H3,(H,27,32). The minimum absolute atomic E-state index is 0.00198. The minimum atomic E-state index is -0.0701. The van der Waals surface area contributed by atoms with Crippen molar-refractivity contribution in [3.63, 3.8) is 0 Å². The fourth-order valence-corrected chi connectivity index (χ4v) is 5.51. The van der Waals surface area contributed by atoms with Crippen molar-refractivity contribution in [3.05, 3.63) is 46.6 Å². The number of benzene rings is 1. The summed E-state index contributed by atoms with van der Waals surface area (Å²) in [6.07, 6.45) is 4.88. The fraction of sp³-hybridized carbons (Fsp3) is 0.615. The van der Waals surface area contributed by atoms with E-state index in [4.69, 9.17) is 4.52 Å². The van der Waals surface area contributed by atoms with Gasteiger partial charge in [-0.2, -0.15) is 4.98 Å². The Balaban J connectivity index is 1.24. The van der Waals surface area contributed by atoms with Gasteiger partial charge in [-0.3, -0.25) is 14.5 Å². The zero-order valence-electron chi connectivity index (χ0n) is 20.5. The van der Waals surface area contributed by atoms with Crippen LogP contribution < -0.4 is 5.32 Å².